The Labute approximate surface area is 109 Å². The molecular weight excluding hydrogens is 220 g/mol. The highest BCUT2D eigenvalue weighted by Crippen LogP contribution is 2.31. The van der Waals surface area contributed by atoms with Gasteiger partial charge < -0.3 is 9.88 Å². The van der Waals surface area contributed by atoms with Crippen molar-refractivity contribution >= 4 is 10.9 Å². The van der Waals surface area contributed by atoms with E-state index in [0.717, 1.165) is 0 Å². The van der Waals surface area contributed by atoms with E-state index in [1.54, 1.807) is 5.56 Å². The van der Waals surface area contributed by atoms with E-state index in [4.69, 9.17) is 0 Å². The summed E-state index contributed by atoms with van der Waals surface area (Å²) in [5, 5.41) is 1.44. The first-order valence-electron chi connectivity index (χ1n) is 6.83. The zero-order chi connectivity index (χ0) is 12.9. The maximum absolute atomic E-state index is 3.63. The van der Waals surface area contributed by atoms with Crippen molar-refractivity contribution in [1.82, 2.24) is 9.88 Å². The largest absolute Gasteiger partial charge is 0.358 e. The minimum Gasteiger partial charge on any atom is -0.358 e. The number of fused-ring (bicyclic) bond motifs is 3. The molecule has 0 amide bonds. The van der Waals surface area contributed by atoms with Crippen molar-refractivity contribution in [2.45, 2.75) is 39.2 Å². The van der Waals surface area contributed by atoms with Crippen molar-refractivity contribution < 1.29 is 0 Å². The molecule has 0 bridgehead atoms. The van der Waals surface area contributed by atoms with Crippen LogP contribution in [0.4, 0.5) is 0 Å². The van der Waals surface area contributed by atoms with Gasteiger partial charge in [-0.25, -0.2) is 0 Å². The molecule has 96 valence electrons. The molecule has 1 aliphatic carbocycles. The molecule has 1 heterocycles. The first kappa shape index (κ1) is 11.8. The number of rotatable bonds is 1. The summed E-state index contributed by atoms with van der Waals surface area (Å²) in [6.07, 6.45) is 3.64. The molecule has 0 saturated heterocycles. The van der Waals surface area contributed by atoms with Crippen LogP contribution in [-0.4, -0.2) is 30.0 Å². The molecule has 1 aromatic heterocycles. The van der Waals surface area contributed by atoms with Gasteiger partial charge in [0, 0.05) is 22.6 Å². The second-order valence-corrected chi connectivity index (χ2v) is 5.92. The molecular formula is C16H22N2. The van der Waals surface area contributed by atoms with Crippen LogP contribution >= 0.6 is 0 Å². The summed E-state index contributed by atoms with van der Waals surface area (Å²) in [5.41, 5.74) is 7.12. The molecule has 1 aliphatic rings. The van der Waals surface area contributed by atoms with Crippen molar-refractivity contribution in [1.29, 1.82) is 0 Å². The van der Waals surface area contributed by atoms with E-state index in [1.165, 1.54) is 47.0 Å². The minimum absolute atomic E-state index is 0.693. The summed E-state index contributed by atoms with van der Waals surface area (Å²) in [5.74, 6) is 0. The number of aromatic amines is 1. The highest BCUT2D eigenvalue weighted by atomic mass is 15.1. The number of aryl methyl sites for hydroxylation is 3. The molecule has 18 heavy (non-hydrogen) atoms. The summed E-state index contributed by atoms with van der Waals surface area (Å²) in [7, 11) is 4.39. The highest BCUT2D eigenvalue weighted by Gasteiger charge is 2.23. The summed E-state index contributed by atoms with van der Waals surface area (Å²) < 4.78 is 0. The van der Waals surface area contributed by atoms with Crippen molar-refractivity contribution in [3.63, 3.8) is 0 Å². The maximum Gasteiger partial charge on any atom is 0.0461 e. The lowest BCUT2D eigenvalue weighted by molar-refractivity contribution is 0.268. The van der Waals surface area contributed by atoms with Crippen LogP contribution in [0, 0.1) is 13.8 Å². The molecule has 2 aromatic rings. The predicted octanol–water partition coefficient (Wildman–Crippen LogP) is 3.20. The molecule has 1 N–H and O–H groups in total. The Morgan fingerprint density at radius 2 is 1.89 bits per heavy atom. The number of nitrogens with one attached hydrogen (secondary N) is 1. The average molecular weight is 242 g/mol. The zero-order valence-corrected chi connectivity index (χ0v) is 11.8. The number of hydrogen-bond donors (Lipinski definition) is 1. The van der Waals surface area contributed by atoms with Crippen LogP contribution in [-0.2, 0) is 12.8 Å². The van der Waals surface area contributed by atoms with Crippen molar-refractivity contribution in [3.8, 4) is 0 Å². The molecule has 2 nitrogen and oxygen atoms in total. The van der Waals surface area contributed by atoms with Crippen LogP contribution in [0.2, 0.25) is 0 Å². The number of benzene rings is 1. The zero-order valence-electron chi connectivity index (χ0n) is 11.8. The van der Waals surface area contributed by atoms with Crippen LogP contribution in [0.3, 0.4) is 0 Å². The van der Waals surface area contributed by atoms with Crippen molar-refractivity contribution in [2.75, 3.05) is 14.1 Å². The third-order valence-electron chi connectivity index (χ3n) is 4.51. The van der Waals surface area contributed by atoms with Crippen molar-refractivity contribution in [3.05, 3.63) is 34.5 Å². The first-order valence-corrected chi connectivity index (χ1v) is 6.83. The van der Waals surface area contributed by atoms with E-state index in [-0.39, 0.29) is 0 Å². The first-order chi connectivity index (χ1) is 8.56. The van der Waals surface area contributed by atoms with Gasteiger partial charge in [0.25, 0.3) is 0 Å². The maximum atomic E-state index is 3.63. The monoisotopic (exact) mass is 242 g/mol. The predicted molar refractivity (Wildman–Crippen MR) is 77.3 cm³/mol. The molecule has 0 spiro atoms. The highest BCUT2D eigenvalue weighted by molar-refractivity contribution is 5.86. The quantitative estimate of drug-likeness (QED) is 0.813. The number of aromatic nitrogens is 1. The SMILES string of the molecule is Cc1cc2[nH]c3c(c2cc1C)C[C@@H](N(C)C)CC3. The van der Waals surface area contributed by atoms with E-state index in [0.29, 0.717) is 6.04 Å². The topological polar surface area (TPSA) is 19.0 Å². The van der Waals surface area contributed by atoms with Gasteiger partial charge in [0.05, 0.1) is 0 Å². The Morgan fingerprint density at radius 1 is 1.17 bits per heavy atom. The van der Waals surface area contributed by atoms with E-state index in [1.807, 2.05) is 0 Å². The van der Waals surface area contributed by atoms with E-state index in [2.05, 4.69) is 50.0 Å². The molecule has 3 rings (SSSR count). The van der Waals surface area contributed by atoms with Crippen molar-refractivity contribution in [2.24, 2.45) is 0 Å². The normalized spacial score (nSPS) is 19.5. The smallest absolute Gasteiger partial charge is 0.0461 e. The Kier molecular flexibility index (Phi) is 2.70. The second kappa shape index (κ2) is 4.13. The Balaban J connectivity index is 2.12. The van der Waals surface area contributed by atoms with Gasteiger partial charge in [-0.15, -0.1) is 0 Å². The molecule has 0 radical (unpaired) electrons. The number of H-pyrrole nitrogens is 1. The molecule has 1 atom stereocenters. The summed E-state index contributed by atoms with van der Waals surface area (Å²) in [4.78, 5) is 5.99. The number of hydrogen-bond acceptors (Lipinski definition) is 1. The summed E-state index contributed by atoms with van der Waals surface area (Å²) in [6, 6.07) is 5.35. The third kappa shape index (κ3) is 1.76. The lowest BCUT2D eigenvalue weighted by Gasteiger charge is -2.28. The lowest BCUT2D eigenvalue weighted by Crippen LogP contribution is -2.33. The lowest BCUT2D eigenvalue weighted by atomic mass is 9.90. The number of nitrogens with zero attached hydrogens (tertiary/aromatic N) is 1. The van der Waals surface area contributed by atoms with Crippen LogP contribution < -0.4 is 0 Å². The van der Waals surface area contributed by atoms with Gasteiger partial charge in [0.1, 0.15) is 0 Å². The van der Waals surface area contributed by atoms with Crippen LogP contribution in [0.25, 0.3) is 10.9 Å². The van der Waals surface area contributed by atoms with Gasteiger partial charge in [-0.05, 0) is 76.0 Å². The molecule has 0 fully saturated rings. The Hall–Kier alpha value is -1.28. The summed E-state index contributed by atoms with van der Waals surface area (Å²) in [6.45, 7) is 4.40. The van der Waals surface area contributed by atoms with E-state index >= 15 is 0 Å². The Bertz CT molecular complexity index is 593. The van der Waals surface area contributed by atoms with E-state index < -0.39 is 0 Å². The van der Waals surface area contributed by atoms with Gasteiger partial charge in [-0.3, -0.25) is 0 Å². The van der Waals surface area contributed by atoms with Gasteiger partial charge in [-0.2, -0.15) is 0 Å². The second-order valence-electron chi connectivity index (χ2n) is 5.92. The van der Waals surface area contributed by atoms with Gasteiger partial charge in [0.15, 0.2) is 0 Å². The number of likely N-dealkylation sites (N-methyl/N-ethyl adjacent to an activating group) is 1. The fourth-order valence-corrected chi connectivity index (χ4v) is 3.11. The third-order valence-corrected chi connectivity index (χ3v) is 4.51. The molecule has 2 heteroatoms. The van der Waals surface area contributed by atoms with Gasteiger partial charge >= 0.3 is 0 Å². The van der Waals surface area contributed by atoms with Gasteiger partial charge in [0.2, 0.25) is 0 Å². The van der Waals surface area contributed by atoms with E-state index in [9.17, 15) is 0 Å². The molecule has 0 saturated carbocycles. The Morgan fingerprint density at radius 3 is 2.61 bits per heavy atom. The van der Waals surface area contributed by atoms with Crippen LogP contribution in [0.15, 0.2) is 12.1 Å². The van der Waals surface area contributed by atoms with Gasteiger partial charge in [-0.1, -0.05) is 0 Å². The fraction of sp³-hybridized carbons (Fsp3) is 0.500. The molecule has 1 aromatic carbocycles. The summed E-state index contributed by atoms with van der Waals surface area (Å²) >= 11 is 0. The average Bonchev–Trinajstić information content (AvgIpc) is 2.66. The van der Waals surface area contributed by atoms with Crippen LogP contribution in [0.5, 0.6) is 0 Å². The molecule has 0 unspecified atom stereocenters. The minimum atomic E-state index is 0.693. The molecule has 0 aliphatic heterocycles. The van der Waals surface area contributed by atoms with Crippen LogP contribution in [0.1, 0.15) is 28.8 Å². The fourth-order valence-electron chi connectivity index (χ4n) is 3.11. The standard InChI is InChI=1S/C16H22N2/c1-10-7-13-14-9-12(18(3)4)5-6-15(14)17-16(13)8-11(10)2/h7-8,12,17H,5-6,9H2,1-4H3/t12-/m0/s1.